The molecule has 2 N–H and O–H groups in total. The minimum absolute atomic E-state index is 0.206. The van der Waals surface area contributed by atoms with Gasteiger partial charge in [-0.15, -0.1) is 0 Å². The number of para-hydroxylation sites is 1. The van der Waals surface area contributed by atoms with E-state index in [-0.39, 0.29) is 12.3 Å². The van der Waals surface area contributed by atoms with Crippen LogP contribution in [0.3, 0.4) is 0 Å². The molecule has 1 unspecified atom stereocenters. The Morgan fingerprint density at radius 2 is 2.16 bits per heavy atom. The number of rotatable bonds is 3. The third-order valence-corrected chi connectivity index (χ3v) is 3.36. The van der Waals surface area contributed by atoms with Crippen molar-refractivity contribution in [2.45, 2.75) is 32.2 Å². The SMILES string of the molecule is CC(C)c1cccc2c1N(C)C(=O)C(CC(=O)O)N2. The first-order valence-electron chi connectivity index (χ1n) is 6.30. The van der Waals surface area contributed by atoms with E-state index in [2.05, 4.69) is 19.2 Å². The summed E-state index contributed by atoms with van der Waals surface area (Å²) in [6.45, 7) is 4.13. The first kappa shape index (κ1) is 13.4. The molecule has 0 fully saturated rings. The van der Waals surface area contributed by atoms with E-state index in [0.29, 0.717) is 5.92 Å². The third kappa shape index (κ3) is 2.41. The van der Waals surface area contributed by atoms with Gasteiger partial charge < -0.3 is 15.3 Å². The maximum atomic E-state index is 12.2. The van der Waals surface area contributed by atoms with Gasteiger partial charge >= 0.3 is 5.97 Å². The van der Waals surface area contributed by atoms with Crippen molar-refractivity contribution in [1.82, 2.24) is 0 Å². The average molecular weight is 262 g/mol. The average Bonchev–Trinajstić information content (AvgIpc) is 2.34. The lowest BCUT2D eigenvalue weighted by Gasteiger charge is -2.34. The number of hydrogen-bond acceptors (Lipinski definition) is 3. The normalized spacial score (nSPS) is 18.2. The van der Waals surface area contributed by atoms with Gasteiger partial charge in [0, 0.05) is 7.05 Å². The van der Waals surface area contributed by atoms with E-state index in [1.165, 1.54) is 0 Å². The predicted octanol–water partition coefficient (Wildman–Crippen LogP) is 2.04. The molecule has 19 heavy (non-hydrogen) atoms. The van der Waals surface area contributed by atoms with Crippen LogP contribution < -0.4 is 10.2 Å². The van der Waals surface area contributed by atoms with E-state index >= 15 is 0 Å². The summed E-state index contributed by atoms with van der Waals surface area (Å²) in [6, 6.07) is 5.09. The number of likely N-dealkylation sites (N-methyl/N-ethyl adjacent to an activating group) is 1. The Morgan fingerprint density at radius 3 is 2.74 bits per heavy atom. The molecule has 1 aliphatic rings. The number of anilines is 2. The van der Waals surface area contributed by atoms with Gasteiger partial charge in [0.1, 0.15) is 6.04 Å². The molecule has 0 bridgehead atoms. The summed E-state index contributed by atoms with van der Waals surface area (Å²) < 4.78 is 0. The van der Waals surface area contributed by atoms with Gasteiger partial charge in [-0.1, -0.05) is 26.0 Å². The Hall–Kier alpha value is -2.04. The highest BCUT2D eigenvalue weighted by Gasteiger charge is 2.33. The number of carbonyl (C=O) groups is 2. The highest BCUT2D eigenvalue weighted by atomic mass is 16.4. The van der Waals surface area contributed by atoms with Gasteiger partial charge in [-0.25, -0.2) is 0 Å². The Labute approximate surface area is 112 Å². The first-order chi connectivity index (χ1) is 8.91. The van der Waals surface area contributed by atoms with Gasteiger partial charge in [-0.05, 0) is 17.5 Å². The van der Waals surface area contributed by atoms with Crippen molar-refractivity contribution in [2.75, 3.05) is 17.3 Å². The van der Waals surface area contributed by atoms with Crippen LogP contribution in [0.5, 0.6) is 0 Å². The maximum Gasteiger partial charge on any atom is 0.305 e. The Balaban J connectivity index is 2.44. The number of fused-ring (bicyclic) bond motifs is 1. The standard InChI is InChI=1S/C14H18N2O3/c1-8(2)9-5-4-6-10-13(9)16(3)14(19)11(15-10)7-12(17)18/h4-6,8,11,15H,7H2,1-3H3,(H,17,18). The van der Waals surface area contributed by atoms with Crippen LogP contribution in [-0.2, 0) is 9.59 Å². The second kappa shape index (κ2) is 4.91. The number of nitrogens with one attached hydrogen (secondary N) is 1. The topological polar surface area (TPSA) is 69.6 Å². The van der Waals surface area contributed by atoms with Gasteiger partial charge in [0.2, 0.25) is 5.91 Å². The summed E-state index contributed by atoms with van der Waals surface area (Å²) in [5.41, 5.74) is 2.75. The van der Waals surface area contributed by atoms with E-state index < -0.39 is 12.0 Å². The fraction of sp³-hybridized carbons (Fsp3) is 0.429. The van der Waals surface area contributed by atoms with Crippen LogP contribution >= 0.6 is 0 Å². The van der Waals surface area contributed by atoms with Gasteiger partial charge in [0.05, 0.1) is 17.8 Å². The molecule has 1 amide bonds. The number of nitrogens with zero attached hydrogens (tertiary/aromatic N) is 1. The van der Waals surface area contributed by atoms with Gasteiger partial charge in [0.25, 0.3) is 0 Å². The summed E-state index contributed by atoms with van der Waals surface area (Å²) in [5, 5.41) is 11.9. The quantitative estimate of drug-likeness (QED) is 0.874. The lowest BCUT2D eigenvalue weighted by atomic mass is 9.96. The number of carbonyl (C=O) groups excluding carboxylic acids is 1. The molecule has 1 atom stereocenters. The van der Waals surface area contributed by atoms with E-state index in [1.807, 2.05) is 18.2 Å². The molecule has 1 aromatic rings. The molecule has 1 heterocycles. The summed E-state index contributed by atoms with van der Waals surface area (Å²) in [6.07, 6.45) is -0.214. The largest absolute Gasteiger partial charge is 0.481 e. The predicted molar refractivity (Wildman–Crippen MR) is 73.6 cm³/mol. The van der Waals surface area contributed by atoms with Crippen LogP contribution in [0, 0.1) is 0 Å². The van der Waals surface area contributed by atoms with Gasteiger partial charge in [0.15, 0.2) is 0 Å². The molecule has 0 saturated heterocycles. The number of amides is 1. The van der Waals surface area contributed by atoms with Crippen molar-refractivity contribution < 1.29 is 14.7 Å². The number of benzene rings is 1. The number of carboxylic acids is 1. The first-order valence-corrected chi connectivity index (χ1v) is 6.30. The monoisotopic (exact) mass is 262 g/mol. The van der Waals surface area contributed by atoms with E-state index in [1.54, 1.807) is 11.9 Å². The van der Waals surface area contributed by atoms with Crippen LogP contribution in [0.25, 0.3) is 0 Å². The Kier molecular flexibility index (Phi) is 3.46. The molecule has 0 saturated carbocycles. The highest BCUT2D eigenvalue weighted by molar-refractivity contribution is 6.06. The lowest BCUT2D eigenvalue weighted by Crippen LogP contribution is -2.46. The number of aliphatic carboxylic acids is 1. The molecule has 0 aliphatic carbocycles. The van der Waals surface area contributed by atoms with Gasteiger partial charge in [-0.2, -0.15) is 0 Å². The van der Waals surface area contributed by atoms with Crippen molar-refractivity contribution in [2.24, 2.45) is 0 Å². The molecule has 1 aromatic carbocycles. The molecule has 0 aromatic heterocycles. The van der Waals surface area contributed by atoms with Crippen molar-refractivity contribution in [1.29, 1.82) is 0 Å². The van der Waals surface area contributed by atoms with E-state index in [9.17, 15) is 9.59 Å². The zero-order valence-electron chi connectivity index (χ0n) is 11.3. The second-order valence-corrected chi connectivity index (χ2v) is 5.09. The third-order valence-electron chi connectivity index (χ3n) is 3.36. The van der Waals surface area contributed by atoms with Gasteiger partial charge in [-0.3, -0.25) is 9.59 Å². The highest BCUT2D eigenvalue weighted by Crippen LogP contribution is 2.37. The summed E-state index contributed by atoms with van der Waals surface area (Å²) >= 11 is 0. The maximum absolute atomic E-state index is 12.2. The van der Waals surface area contributed by atoms with Crippen molar-refractivity contribution in [3.8, 4) is 0 Å². The van der Waals surface area contributed by atoms with Crippen LogP contribution in [-0.4, -0.2) is 30.1 Å². The smallest absolute Gasteiger partial charge is 0.305 e. The van der Waals surface area contributed by atoms with Crippen LogP contribution in [0.2, 0.25) is 0 Å². The fourth-order valence-electron chi connectivity index (χ4n) is 2.42. The van der Waals surface area contributed by atoms with E-state index in [4.69, 9.17) is 5.11 Å². The summed E-state index contributed by atoms with van der Waals surface area (Å²) in [7, 11) is 1.70. The van der Waals surface area contributed by atoms with Crippen molar-refractivity contribution >= 4 is 23.3 Å². The molecule has 5 heteroatoms. The zero-order valence-corrected chi connectivity index (χ0v) is 11.3. The Bertz CT molecular complexity index is 525. The molecule has 2 rings (SSSR count). The zero-order chi connectivity index (χ0) is 14.2. The minimum Gasteiger partial charge on any atom is -0.481 e. The van der Waals surface area contributed by atoms with E-state index in [0.717, 1.165) is 16.9 Å². The number of hydrogen-bond donors (Lipinski definition) is 2. The number of carboxylic acid groups (broad SMARTS) is 1. The molecule has 5 nitrogen and oxygen atoms in total. The van der Waals surface area contributed by atoms with Crippen molar-refractivity contribution in [3.05, 3.63) is 23.8 Å². The van der Waals surface area contributed by atoms with Crippen LogP contribution in [0.4, 0.5) is 11.4 Å². The van der Waals surface area contributed by atoms with Crippen LogP contribution in [0.15, 0.2) is 18.2 Å². The fourth-order valence-corrected chi connectivity index (χ4v) is 2.42. The molecule has 0 radical (unpaired) electrons. The molecule has 0 spiro atoms. The molecule has 1 aliphatic heterocycles. The molecular weight excluding hydrogens is 244 g/mol. The van der Waals surface area contributed by atoms with Crippen molar-refractivity contribution in [3.63, 3.8) is 0 Å². The Morgan fingerprint density at radius 1 is 1.47 bits per heavy atom. The summed E-state index contributed by atoms with van der Waals surface area (Å²) in [4.78, 5) is 24.6. The minimum atomic E-state index is -0.984. The molecular formula is C14H18N2O3. The lowest BCUT2D eigenvalue weighted by molar-refractivity contribution is -0.138. The second-order valence-electron chi connectivity index (χ2n) is 5.09. The summed E-state index contributed by atoms with van der Waals surface area (Å²) in [5.74, 6) is -0.895. The molecule has 102 valence electrons. The van der Waals surface area contributed by atoms with Crippen LogP contribution in [0.1, 0.15) is 31.7 Å².